The summed E-state index contributed by atoms with van der Waals surface area (Å²) in [7, 11) is 0. The van der Waals surface area contributed by atoms with E-state index in [4.69, 9.17) is 5.73 Å². The average molecular weight is 337 g/mol. The lowest BCUT2D eigenvalue weighted by Gasteiger charge is -2.03. The zero-order valence-electron chi connectivity index (χ0n) is 12.7. The van der Waals surface area contributed by atoms with Crippen LogP contribution in [-0.4, -0.2) is 16.8 Å². The van der Waals surface area contributed by atoms with Crippen LogP contribution in [0.3, 0.4) is 0 Å². The SMILES string of the molecule is NC(=O)c1ccc(-c2ccc(C(=O)NCc3cccnc3)s2)cc1. The Hall–Kier alpha value is -2.99. The second kappa shape index (κ2) is 7.06. The molecular formula is C18H15N3O2S. The number of carbonyl (C=O) groups is 2. The van der Waals surface area contributed by atoms with Gasteiger partial charge in [0.2, 0.25) is 5.91 Å². The third-order valence-electron chi connectivity index (χ3n) is 3.46. The molecule has 2 aromatic heterocycles. The Labute approximate surface area is 143 Å². The van der Waals surface area contributed by atoms with Gasteiger partial charge >= 0.3 is 0 Å². The Kier molecular flexibility index (Phi) is 4.67. The molecule has 3 N–H and O–H groups in total. The molecule has 0 aliphatic rings. The number of hydrogen-bond donors (Lipinski definition) is 2. The largest absolute Gasteiger partial charge is 0.366 e. The number of carbonyl (C=O) groups excluding carboxylic acids is 2. The summed E-state index contributed by atoms with van der Waals surface area (Å²) < 4.78 is 0. The molecule has 24 heavy (non-hydrogen) atoms. The monoisotopic (exact) mass is 337 g/mol. The van der Waals surface area contributed by atoms with Gasteiger partial charge in [-0.1, -0.05) is 18.2 Å². The van der Waals surface area contributed by atoms with E-state index in [9.17, 15) is 9.59 Å². The normalized spacial score (nSPS) is 10.3. The summed E-state index contributed by atoms with van der Waals surface area (Å²) in [6.07, 6.45) is 3.42. The van der Waals surface area contributed by atoms with E-state index < -0.39 is 5.91 Å². The molecule has 0 saturated carbocycles. The van der Waals surface area contributed by atoms with E-state index >= 15 is 0 Å². The maximum absolute atomic E-state index is 12.2. The number of benzene rings is 1. The summed E-state index contributed by atoms with van der Waals surface area (Å²) in [6, 6.07) is 14.4. The smallest absolute Gasteiger partial charge is 0.261 e. The van der Waals surface area contributed by atoms with E-state index in [1.54, 1.807) is 30.6 Å². The molecule has 0 unspecified atom stereocenters. The summed E-state index contributed by atoms with van der Waals surface area (Å²) in [5, 5.41) is 2.87. The molecule has 0 spiro atoms. The molecule has 0 radical (unpaired) electrons. The Morgan fingerprint density at radius 1 is 1.08 bits per heavy atom. The van der Waals surface area contributed by atoms with Crippen molar-refractivity contribution < 1.29 is 9.59 Å². The summed E-state index contributed by atoms with van der Waals surface area (Å²) in [5.41, 5.74) is 7.59. The van der Waals surface area contributed by atoms with Crippen LogP contribution in [0.4, 0.5) is 0 Å². The predicted molar refractivity (Wildman–Crippen MR) is 93.7 cm³/mol. The lowest BCUT2D eigenvalue weighted by Crippen LogP contribution is -2.21. The van der Waals surface area contributed by atoms with E-state index in [0.29, 0.717) is 17.0 Å². The van der Waals surface area contributed by atoms with Gasteiger partial charge in [0.05, 0.1) is 4.88 Å². The molecule has 2 heterocycles. The molecule has 120 valence electrons. The maximum Gasteiger partial charge on any atom is 0.261 e. The molecule has 3 rings (SSSR count). The number of nitrogens with two attached hydrogens (primary N) is 1. The minimum atomic E-state index is -0.455. The van der Waals surface area contributed by atoms with E-state index in [-0.39, 0.29) is 5.91 Å². The van der Waals surface area contributed by atoms with Gasteiger partial charge in [-0.15, -0.1) is 11.3 Å². The van der Waals surface area contributed by atoms with Crippen LogP contribution in [0.1, 0.15) is 25.6 Å². The molecular weight excluding hydrogens is 322 g/mol. The molecule has 5 nitrogen and oxygen atoms in total. The predicted octanol–water partition coefficient (Wildman–Crippen LogP) is 2.84. The Bertz CT molecular complexity index is 857. The highest BCUT2D eigenvalue weighted by atomic mass is 32.1. The Morgan fingerprint density at radius 3 is 2.54 bits per heavy atom. The zero-order chi connectivity index (χ0) is 16.9. The molecule has 6 heteroatoms. The van der Waals surface area contributed by atoms with Crippen LogP contribution in [0, 0.1) is 0 Å². The van der Waals surface area contributed by atoms with Gasteiger partial charge in [-0.25, -0.2) is 0 Å². The number of hydrogen-bond acceptors (Lipinski definition) is 4. The van der Waals surface area contributed by atoms with Crippen LogP contribution in [0.5, 0.6) is 0 Å². The Balaban J connectivity index is 1.68. The first-order valence-corrected chi connectivity index (χ1v) is 8.12. The van der Waals surface area contributed by atoms with E-state index in [2.05, 4.69) is 10.3 Å². The van der Waals surface area contributed by atoms with E-state index in [0.717, 1.165) is 16.0 Å². The van der Waals surface area contributed by atoms with E-state index in [1.165, 1.54) is 11.3 Å². The minimum absolute atomic E-state index is 0.121. The van der Waals surface area contributed by atoms with Crippen LogP contribution in [0.2, 0.25) is 0 Å². The highest BCUT2D eigenvalue weighted by molar-refractivity contribution is 7.17. The van der Waals surface area contributed by atoms with Crippen LogP contribution in [0.25, 0.3) is 10.4 Å². The van der Waals surface area contributed by atoms with Gasteiger partial charge in [0, 0.05) is 29.4 Å². The second-order valence-corrected chi connectivity index (χ2v) is 6.23. The first-order valence-electron chi connectivity index (χ1n) is 7.30. The molecule has 1 aromatic carbocycles. The summed E-state index contributed by atoms with van der Waals surface area (Å²) in [5.74, 6) is -0.577. The molecule has 0 aliphatic heterocycles. The van der Waals surface area contributed by atoms with Crippen molar-refractivity contribution in [2.75, 3.05) is 0 Å². The zero-order valence-corrected chi connectivity index (χ0v) is 13.5. The van der Waals surface area contributed by atoms with Gasteiger partial charge in [0.1, 0.15) is 0 Å². The van der Waals surface area contributed by atoms with Gasteiger partial charge < -0.3 is 11.1 Å². The first kappa shape index (κ1) is 15.9. The highest BCUT2D eigenvalue weighted by Gasteiger charge is 2.10. The van der Waals surface area contributed by atoms with Crippen molar-refractivity contribution in [1.29, 1.82) is 0 Å². The first-order chi connectivity index (χ1) is 11.6. The molecule has 0 fully saturated rings. The fourth-order valence-electron chi connectivity index (χ4n) is 2.19. The summed E-state index contributed by atoms with van der Waals surface area (Å²) in [4.78, 5) is 28.9. The topological polar surface area (TPSA) is 85.1 Å². The van der Waals surface area contributed by atoms with Gasteiger partial charge in [-0.3, -0.25) is 14.6 Å². The highest BCUT2D eigenvalue weighted by Crippen LogP contribution is 2.28. The van der Waals surface area contributed by atoms with E-state index in [1.807, 2.05) is 30.3 Å². The summed E-state index contributed by atoms with van der Waals surface area (Å²) >= 11 is 1.40. The average Bonchev–Trinajstić information content (AvgIpc) is 3.11. The maximum atomic E-state index is 12.2. The number of amides is 2. The molecule has 0 aliphatic carbocycles. The third kappa shape index (κ3) is 3.67. The number of nitrogens with one attached hydrogen (secondary N) is 1. The van der Waals surface area contributed by atoms with Crippen LogP contribution < -0.4 is 11.1 Å². The molecule has 3 aromatic rings. The quantitative estimate of drug-likeness (QED) is 0.751. The Morgan fingerprint density at radius 2 is 1.88 bits per heavy atom. The lowest BCUT2D eigenvalue weighted by atomic mass is 10.1. The van der Waals surface area contributed by atoms with Gasteiger partial charge in [-0.2, -0.15) is 0 Å². The fraction of sp³-hybridized carbons (Fsp3) is 0.0556. The molecule has 0 bridgehead atoms. The van der Waals surface area contributed by atoms with Crippen molar-refractivity contribution in [3.05, 3.63) is 76.9 Å². The minimum Gasteiger partial charge on any atom is -0.366 e. The van der Waals surface area contributed by atoms with Gasteiger partial charge in [0.15, 0.2) is 0 Å². The fourth-order valence-corrected chi connectivity index (χ4v) is 3.11. The van der Waals surface area contributed by atoms with Crippen molar-refractivity contribution in [3.63, 3.8) is 0 Å². The second-order valence-electron chi connectivity index (χ2n) is 5.15. The number of thiophene rings is 1. The van der Waals surface area contributed by atoms with Gasteiger partial charge in [-0.05, 0) is 41.5 Å². The number of aromatic nitrogens is 1. The lowest BCUT2D eigenvalue weighted by molar-refractivity contribution is 0.0953. The molecule has 2 amide bonds. The van der Waals surface area contributed by atoms with Crippen LogP contribution >= 0.6 is 11.3 Å². The standard InChI is InChI=1S/C18H15N3O2S/c19-17(22)14-5-3-13(4-6-14)15-7-8-16(24-15)18(23)21-11-12-2-1-9-20-10-12/h1-10H,11H2,(H2,19,22)(H,21,23). The van der Waals surface area contributed by atoms with Gasteiger partial charge in [0.25, 0.3) is 5.91 Å². The molecule has 0 atom stereocenters. The van der Waals surface area contributed by atoms with Crippen molar-refractivity contribution in [2.45, 2.75) is 6.54 Å². The number of rotatable bonds is 5. The third-order valence-corrected chi connectivity index (χ3v) is 4.59. The van der Waals surface area contributed by atoms with Crippen molar-refractivity contribution in [1.82, 2.24) is 10.3 Å². The number of pyridine rings is 1. The van der Waals surface area contributed by atoms with Crippen molar-refractivity contribution in [2.24, 2.45) is 5.73 Å². The van der Waals surface area contributed by atoms with Crippen LogP contribution in [0.15, 0.2) is 60.9 Å². The number of primary amides is 1. The van der Waals surface area contributed by atoms with Crippen molar-refractivity contribution in [3.8, 4) is 10.4 Å². The number of nitrogens with zero attached hydrogens (tertiary/aromatic N) is 1. The van der Waals surface area contributed by atoms with Crippen molar-refractivity contribution >= 4 is 23.2 Å². The summed E-state index contributed by atoms with van der Waals surface area (Å²) in [6.45, 7) is 0.438. The molecule has 0 saturated heterocycles. The van der Waals surface area contributed by atoms with Crippen LogP contribution in [-0.2, 0) is 6.54 Å².